The van der Waals surface area contributed by atoms with Crippen molar-refractivity contribution in [3.8, 4) is 0 Å². The van der Waals surface area contributed by atoms with Gasteiger partial charge in [-0.15, -0.1) is 0 Å². The lowest BCUT2D eigenvalue weighted by atomic mass is 10.0. The summed E-state index contributed by atoms with van der Waals surface area (Å²) in [4.78, 5) is 23.0. The van der Waals surface area contributed by atoms with Crippen molar-refractivity contribution in [2.24, 2.45) is 23.1 Å². The molecule has 0 aliphatic rings. The van der Waals surface area contributed by atoms with Crippen LogP contribution < -0.4 is 17.2 Å². The van der Waals surface area contributed by atoms with Crippen LogP contribution in [0.1, 0.15) is 39.5 Å². The maximum atomic E-state index is 11.5. The topological polar surface area (TPSA) is 121 Å². The monoisotopic (exact) mass is 259 g/mol. The quantitative estimate of drug-likeness (QED) is 0.317. The van der Waals surface area contributed by atoms with Crippen LogP contribution in [0.2, 0.25) is 0 Å². The summed E-state index contributed by atoms with van der Waals surface area (Å²) >= 11 is 0. The summed E-state index contributed by atoms with van der Waals surface area (Å²) in [5.41, 5.74) is 16.5. The zero-order chi connectivity index (χ0) is 14.1. The Balaban J connectivity index is 4.02. The maximum Gasteiger partial charge on any atom is 0.330 e. The van der Waals surface area contributed by atoms with Gasteiger partial charge in [-0.1, -0.05) is 20.3 Å². The molecule has 0 rings (SSSR count). The molecule has 0 aliphatic carbocycles. The molecule has 2 atom stereocenters. The number of hydrogen-bond donors (Lipinski definition) is 3. The molecule has 106 valence electrons. The molecule has 0 heterocycles. The van der Waals surface area contributed by atoms with E-state index >= 15 is 0 Å². The summed E-state index contributed by atoms with van der Waals surface area (Å²) < 4.78 is 4.65. The van der Waals surface area contributed by atoms with Gasteiger partial charge < -0.3 is 21.9 Å². The van der Waals surface area contributed by atoms with Crippen molar-refractivity contribution in [1.29, 1.82) is 0 Å². The summed E-state index contributed by atoms with van der Waals surface area (Å²) in [7, 11) is 0. The Hall–Kier alpha value is -0.980. The molecular formula is C12H25N3O3. The lowest BCUT2D eigenvalue weighted by Crippen LogP contribution is -2.40. The first kappa shape index (κ1) is 17.0. The van der Waals surface area contributed by atoms with Gasteiger partial charge in [0.1, 0.15) is 12.1 Å². The molecule has 0 radical (unpaired) electrons. The largest absolute Gasteiger partial charge is 0.391 e. The molecule has 6 nitrogen and oxygen atoms in total. The summed E-state index contributed by atoms with van der Waals surface area (Å²) in [6.07, 6.45) is 2.47. The van der Waals surface area contributed by atoms with Crippen molar-refractivity contribution in [3.63, 3.8) is 0 Å². The normalized spacial score (nSPS) is 14.3. The van der Waals surface area contributed by atoms with Crippen molar-refractivity contribution in [2.45, 2.75) is 51.6 Å². The molecule has 0 amide bonds. The summed E-state index contributed by atoms with van der Waals surface area (Å²) in [5, 5.41) is 0. The Morgan fingerprint density at radius 1 is 1.06 bits per heavy atom. The predicted octanol–water partition coefficient (Wildman–Crippen LogP) is -0.114. The predicted molar refractivity (Wildman–Crippen MR) is 69.4 cm³/mol. The number of ether oxygens (including phenoxy) is 1. The molecule has 0 aliphatic heterocycles. The Kier molecular flexibility index (Phi) is 8.53. The SMILES string of the molecule is CC(C)C[C@H](N)C(=O)OC(=O)[C@@H](N)CCCCN. The number of carbonyl (C=O) groups excluding carboxylic acids is 2. The maximum absolute atomic E-state index is 11.5. The van der Waals surface area contributed by atoms with Gasteiger partial charge in [0.15, 0.2) is 0 Å². The van der Waals surface area contributed by atoms with Crippen LogP contribution in [0.4, 0.5) is 0 Å². The van der Waals surface area contributed by atoms with E-state index < -0.39 is 24.0 Å². The van der Waals surface area contributed by atoms with Crippen LogP contribution in [0, 0.1) is 5.92 Å². The van der Waals surface area contributed by atoms with Gasteiger partial charge in [-0.2, -0.15) is 0 Å². The van der Waals surface area contributed by atoms with Crippen molar-refractivity contribution in [1.82, 2.24) is 0 Å². The molecule has 0 spiro atoms. The Morgan fingerprint density at radius 3 is 2.11 bits per heavy atom. The van der Waals surface area contributed by atoms with E-state index in [2.05, 4.69) is 4.74 Å². The van der Waals surface area contributed by atoms with E-state index in [-0.39, 0.29) is 5.92 Å². The van der Waals surface area contributed by atoms with Crippen molar-refractivity contribution >= 4 is 11.9 Å². The van der Waals surface area contributed by atoms with Crippen LogP contribution in [-0.4, -0.2) is 30.6 Å². The molecule has 0 bridgehead atoms. The minimum Gasteiger partial charge on any atom is -0.391 e. The second kappa shape index (κ2) is 9.02. The number of carbonyl (C=O) groups is 2. The molecule has 0 saturated carbocycles. The third-order valence-corrected chi connectivity index (χ3v) is 2.50. The molecule has 0 aromatic rings. The molecule has 6 N–H and O–H groups in total. The molecule has 18 heavy (non-hydrogen) atoms. The fraction of sp³-hybridized carbons (Fsp3) is 0.833. The number of hydrogen-bond acceptors (Lipinski definition) is 6. The number of unbranched alkanes of at least 4 members (excludes halogenated alkanes) is 1. The van der Waals surface area contributed by atoms with E-state index in [4.69, 9.17) is 17.2 Å². The van der Waals surface area contributed by atoms with Crippen LogP contribution in [0.5, 0.6) is 0 Å². The average molecular weight is 259 g/mol. The average Bonchev–Trinajstić information content (AvgIpc) is 2.28. The first-order valence-electron chi connectivity index (χ1n) is 6.35. The van der Waals surface area contributed by atoms with Gasteiger partial charge in [-0.25, -0.2) is 9.59 Å². The summed E-state index contributed by atoms with van der Waals surface area (Å²) in [5.74, 6) is -1.15. The second-order valence-corrected chi connectivity index (χ2v) is 4.87. The van der Waals surface area contributed by atoms with E-state index in [9.17, 15) is 9.59 Å². The first-order valence-corrected chi connectivity index (χ1v) is 6.35. The second-order valence-electron chi connectivity index (χ2n) is 4.87. The lowest BCUT2D eigenvalue weighted by Gasteiger charge is -2.14. The van der Waals surface area contributed by atoms with Gasteiger partial charge >= 0.3 is 11.9 Å². The fourth-order valence-electron chi connectivity index (χ4n) is 1.48. The Bertz CT molecular complexity index is 269. The third kappa shape index (κ3) is 7.37. The molecule has 0 aromatic heterocycles. The Morgan fingerprint density at radius 2 is 1.61 bits per heavy atom. The minimum atomic E-state index is -0.785. The highest BCUT2D eigenvalue weighted by molar-refractivity contribution is 5.90. The molecule has 6 heteroatoms. The van der Waals surface area contributed by atoms with E-state index in [1.807, 2.05) is 13.8 Å². The third-order valence-electron chi connectivity index (χ3n) is 2.50. The summed E-state index contributed by atoms with van der Waals surface area (Å²) in [6, 6.07) is -1.56. The zero-order valence-electron chi connectivity index (χ0n) is 11.2. The van der Waals surface area contributed by atoms with E-state index in [0.717, 1.165) is 12.8 Å². The number of nitrogens with two attached hydrogens (primary N) is 3. The lowest BCUT2D eigenvalue weighted by molar-refractivity contribution is -0.161. The minimum absolute atomic E-state index is 0.265. The Labute approximate surface area is 108 Å². The van der Waals surface area contributed by atoms with Crippen LogP contribution >= 0.6 is 0 Å². The fourth-order valence-corrected chi connectivity index (χ4v) is 1.48. The van der Waals surface area contributed by atoms with Crippen molar-refractivity contribution in [2.75, 3.05) is 6.54 Å². The molecular weight excluding hydrogens is 234 g/mol. The molecule has 0 fully saturated rings. The van der Waals surface area contributed by atoms with Crippen LogP contribution in [0.3, 0.4) is 0 Å². The van der Waals surface area contributed by atoms with Gasteiger partial charge in [0, 0.05) is 0 Å². The molecule has 0 unspecified atom stereocenters. The van der Waals surface area contributed by atoms with Gasteiger partial charge in [0.05, 0.1) is 0 Å². The summed E-state index contributed by atoms with van der Waals surface area (Å²) in [6.45, 7) is 4.43. The smallest absolute Gasteiger partial charge is 0.330 e. The van der Waals surface area contributed by atoms with Crippen molar-refractivity contribution < 1.29 is 14.3 Å². The molecule has 0 aromatic carbocycles. The van der Waals surface area contributed by atoms with Crippen LogP contribution in [0.15, 0.2) is 0 Å². The van der Waals surface area contributed by atoms with Gasteiger partial charge in [0.2, 0.25) is 0 Å². The van der Waals surface area contributed by atoms with Gasteiger partial charge in [0.25, 0.3) is 0 Å². The standard InChI is InChI=1S/C12H25N3O3/c1-8(2)7-10(15)12(17)18-11(16)9(14)5-3-4-6-13/h8-10H,3-7,13-15H2,1-2H3/t9-,10-/m0/s1. The van der Waals surface area contributed by atoms with E-state index in [0.29, 0.717) is 19.4 Å². The number of rotatable bonds is 8. The van der Waals surface area contributed by atoms with Gasteiger partial charge in [-0.3, -0.25) is 0 Å². The zero-order valence-corrected chi connectivity index (χ0v) is 11.2. The molecule has 0 saturated heterocycles. The van der Waals surface area contributed by atoms with Crippen molar-refractivity contribution in [3.05, 3.63) is 0 Å². The first-order chi connectivity index (χ1) is 8.38. The highest BCUT2D eigenvalue weighted by atomic mass is 16.6. The van der Waals surface area contributed by atoms with Gasteiger partial charge in [-0.05, 0) is 31.7 Å². The van der Waals surface area contributed by atoms with Crippen LogP contribution in [0.25, 0.3) is 0 Å². The number of esters is 2. The van der Waals surface area contributed by atoms with Crippen LogP contribution in [-0.2, 0) is 14.3 Å². The highest BCUT2D eigenvalue weighted by Gasteiger charge is 2.23. The highest BCUT2D eigenvalue weighted by Crippen LogP contribution is 2.06. The van der Waals surface area contributed by atoms with E-state index in [1.54, 1.807) is 0 Å². The van der Waals surface area contributed by atoms with E-state index in [1.165, 1.54) is 0 Å².